The van der Waals surface area contributed by atoms with Gasteiger partial charge in [-0.05, 0) is 40.2 Å². The lowest BCUT2D eigenvalue weighted by Crippen LogP contribution is -2.09. The van der Waals surface area contributed by atoms with Gasteiger partial charge >= 0.3 is 0 Å². The van der Waals surface area contributed by atoms with Gasteiger partial charge in [-0.3, -0.25) is 4.79 Å². The molecule has 0 saturated heterocycles. The molecule has 4 nitrogen and oxygen atoms in total. The summed E-state index contributed by atoms with van der Waals surface area (Å²) in [6, 6.07) is 4.79. The summed E-state index contributed by atoms with van der Waals surface area (Å²) in [4.78, 5) is 16.8. The third-order valence-corrected chi connectivity index (χ3v) is 4.72. The first-order valence-corrected chi connectivity index (χ1v) is 8.17. The first-order chi connectivity index (χ1) is 11.8. The summed E-state index contributed by atoms with van der Waals surface area (Å²) in [6.45, 7) is -0.550. The molecule has 130 valence electrons. The Labute approximate surface area is 153 Å². The second-order valence-corrected chi connectivity index (χ2v) is 6.46. The number of ketones is 1. The fourth-order valence-corrected chi connectivity index (χ4v) is 3.43. The maximum Gasteiger partial charge on any atom is 0.256 e. The van der Waals surface area contributed by atoms with Crippen LogP contribution in [-0.4, -0.2) is 21.8 Å². The number of fused-ring (bicyclic) bond motifs is 1. The van der Waals surface area contributed by atoms with Gasteiger partial charge in [0.05, 0.1) is 33.4 Å². The standard InChI is InChI=1S/C16H10BrClF3N3O/c17-14-13(16(25)8-3-7(19)1-2-9(8)18)10(22)4-11-15(14)23-6-24(11)5-12(20)21/h1-4,6,12H,5,22H2. The SMILES string of the molecule is Nc1cc2c(ncn2CC(F)F)c(Br)c1C(=O)c1cc(F)ccc1Cl. The minimum Gasteiger partial charge on any atom is -0.398 e. The van der Waals surface area contributed by atoms with Crippen LogP contribution in [0.1, 0.15) is 15.9 Å². The largest absolute Gasteiger partial charge is 0.398 e. The Kier molecular flexibility index (Phi) is 4.75. The minimum atomic E-state index is -2.56. The van der Waals surface area contributed by atoms with E-state index in [4.69, 9.17) is 17.3 Å². The topological polar surface area (TPSA) is 60.9 Å². The predicted octanol–water partition coefficient (Wildman–Crippen LogP) is 4.67. The molecule has 0 spiro atoms. The molecule has 2 aromatic carbocycles. The van der Waals surface area contributed by atoms with Crippen LogP contribution in [0.3, 0.4) is 0 Å². The van der Waals surface area contributed by atoms with Gasteiger partial charge in [-0.1, -0.05) is 11.6 Å². The van der Waals surface area contributed by atoms with Crippen LogP contribution in [0.2, 0.25) is 5.02 Å². The molecule has 0 aliphatic carbocycles. The predicted molar refractivity (Wildman–Crippen MR) is 92.7 cm³/mol. The first-order valence-electron chi connectivity index (χ1n) is 7.00. The number of halogens is 5. The molecule has 0 unspecified atom stereocenters. The Bertz CT molecular complexity index is 990. The van der Waals surface area contributed by atoms with Crippen LogP contribution in [0.25, 0.3) is 11.0 Å². The van der Waals surface area contributed by atoms with Crippen molar-refractivity contribution >= 4 is 50.0 Å². The summed E-state index contributed by atoms with van der Waals surface area (Å²) >= 11 is 9.23. The Hall–Kier alpha value is -2.06. The number of alkyl halides is 2. The smallest absolute Gasteiger partial charge is 0.256 e. The van der Waals surface area contributed by atoms with Crippen LogP contribution in [0.5, 0.6) is 0 Å². The third kappa shape index (κ3) is 3.23. The molecule has 0 saturated carbocycles. The normalized spacial score (nSPS) is 11.4. The molecule has 3 rings (SSSR count). The third-order valence-electron chi connectivity index (χ3n) is 3.62. The molecule has 0 aliphatic rings. The van der Waals surface area contributed by atoms with E-state index >= 15 is 0 Å². The maximum absolute atomic E-state index is 13.5. The zero-order valence-electron chi connectivity index (χ0n) is 12.4. The van der Waals surface area contributed by atoms with E-state index in [1.165, 1.54) is 23.0 Å². The van der Waals surface area contributed by atoms with E-state index in [-0.39, 0.29) is 26.3 Å². The molecule has 0 bridgehead atoms. The van der Waals surface area contributed by atoms with Crippen molar-refractivity contribution in [1.82, 2.24) is 9.55 Å². The van der Waals surface area contributed by atoms with Crippen LogP contribution in [0, 0.1) is 5.82 Å². The number of anilines is 1. The van der Waals surface area contributed by atoms with Crippen molar-refractivity contribution in [2.45, 2.75) is 13.0 Å². The molecule has 0 atom stereocenters. The fraction of sp³-hybridized carbons (Fsp3) is 0.125. The van der Waals surface area contributed by atoms with Gasteiger partial charge in [0.1, 0.15) is 11.3 Å². The number of hydrogen-bond donors (Lipinski definition) is 1. The lowest BCUT2D eigenvalue weighted by atomic mass is 10.0. The highest BCUT2D eigenvalue weighted by atomic mass is 79.9. The van der Waals surface area contributed by atoms with Gasteiger partial charge in [0, 0.05) is 11.3 Å². The van der Waals surface area contributed by atoms with Crippen molar-refractivity contribution in [3.8, 4) is 0 Å². The first kappa shape index (κ1) is 17.8. The van der Waals surface area contributed by atoms with Gasteiger partial charge in [0.25, 0.3) is 6.43 Å². The van der Waals surface area contributed by atoms with Gasteiger partial charge < -0.3 is 10.3 Å². The molecule has 2 N–H and O–H groups in total. The Balaban J connectivity index is 2.17. The van der Waals surface area contributed by atoms with E-state index < -0.39 is 24.6 Å². The quantitative estimate of drug-likeness (QED) is 0.481. The minimum absolute atomic E-state index is 0.0423. The Morgan fingerprint density at radius 2 is 2.08 bits per heavy atom. The molecule has 9 heteroatoms. The van der Waals surface area contributed by atoms with E-state index in [0.29, 0.717) is 11.0 Å². The van der Waals surface area contributed by atoms with Crippen molar-refractivity contribution in [2.24, 2.45) is 0 Å². The summed E-state index contributed by atoms with van der Waals surface area (Å²) in [5, 5.41) is 0.0704. The molecule has 0 fully saturated rings. The number of rotatable bonds is 4. The van der Waals surface area contributed by atoms with E-state index in [0.717, 1.165) is 12.1 Å². The van der Waals surface area contributed by atoms with Crippen molar-refractivity contribution in [3.05, 3.63) is 57.0 Å². The highest BCUT2D eigenvalue weighted by Gasteiger charge is 2.23. The fourth-order valence-electron chi connectivity index (χ4n) is 2.51. The van der Waals surface area contributed by atoms with E-state index in [1.54, 1.807) is 0 Å². The number of imidazole rings is 1. The number of benzene rings is 2. The van der Waals surface area contributed by atoms with Crippen molar-refractivity contribution in [2.75, 3.05) is 5.73 Å². The molecule has 25 heavy (non-hydrogen) atoms. The zero-order valence-corrected chi connectivity index (χ0v) is 14.8. The number of nitrogens with two attached hydrogens (primary N) is 1. The van der Waals surface area contributed by atoms with Gasteiger partial charge in [-0.25, -0.2) is 18.2 Å². The number of nitrogen functional groups attached to an aromatic ring is 1. The molecular weight excluding hydrogens is 423 g/mol. The van der Waals surface area contributed by atoms with E-state index in [9.17, 15) is 18.0 Å². The summed E-state index contributed by atoms with van der Waals surface area (Å²) in [7, 11) is 0. The molecule has 0 radical (unpaired) electrons. The number of carbonyl (C=O) groups is 1. The summed E-state index contributed by atoms with van der Waals surface area (Å²) in [6.07, 6.45) is -1.32. The number of carbonyl (C=O) groups excluding carboxylic acids is 1. The highest BCUT2D eigenvalue weighted by molar-refractivity contribution is 9.10. The van der Waals surface area contributed by atoms with Gasteiger partial charge in [-0.15, -0.1) is 0 Å². The van der Waals surface area contributed by atoms with Crippen LogP contribution in [0.15, 0.2) is 35.1 Å². The Morgan fingerprint density at radius 1 is 1.36 bits per heavy atom. The lowest BCUT2D eigenvalue weighted by molar-refractivity contribution is 0.103. The summed E-state index contributed by atoms with van der Waals surface area (Å²) in [5.41, 5.74) is 6.64. The van der Waals surface area contributed by atoms with Gasteiger partial charge in [0.2, 0.25) is 0 Å². The monoisotopic (exact) mass is 431 g/mol. The average Bonchev–Trinajstić information content (AvgIpc) is 2.92. The Morgan fingerprint density at radius 3 is 2.76 bits per heavy atom. The van der Waals surface area contributed by atoms with E-state index in [1.807, 2.05) is 0 Å². The number of nitrogens with zero attached hydrogens (tertiary/aromatic N) is 2. The second kappa shape index (κ2) is 6.68. The summed E-state index contributed by atoms with van der Waals surface area (Å²) in [5.74, 6) is -1.22. The van der Waals surface area contributed by atoms with Crippen molar-refractivity contribution < 1.29 is 18.0 Å². The van der Waals surface area contributed by atoms with Crippen molar-refractivity contribution in [3.63, 3.8) is 0 Å². The molecular formula is C16H10BrClF3N3O. The van der Waals surface area contributed by atoms with Crippen molar-refractivity contribution in [1.29, 1.82) is 0 Å². The average molecular weight is 433 g/mol. The summed E-state index contributed by atoms with van der Waals surface area (Å²) < 4.78 is 40.2. The van der Waals surface area contributed by atoms with Crippen LogP contribution in [-0.2, 0) is 6.54 Å². The van der Waals surface area contributed by atoms with E-state index in [2.05, 4.69) is 20.9 Å². The highest BCUT2D eigenvalue weighted by Crippen LogP contribution is 2.34. The maximum atomic E-state index is 13.5. The van der Waals surface area contributed by atoms with Gasteiger partial charge in [0.15, 0.2) is 5.78 Å². The lowest BCUT2D eigenvalue weighted by Gasteiger charge is -2.11. The molecule has 0 amide bonds. The molecule has 1 heterocycles. The zero-order chi connectivity index (χ0) is 18.3. The molecule has 0 aliphatic heterocycles. The van der Waals surface area contributed by atoms with Crippen LogP contribution >= 0.6 is 27.5 Å². The number of aromatic nitrogens is 2. The molecule has 1 aromatic heterocycles. The molecule has 3 aromatic rings. The second-order valence-electron chi connectivity index (χ2n) is 5.26. The number of hydrogen-bond acceptors (Lipinski definition) is 3. The van der Waals surface area contributed by atoms with Crippen LogP contribution < -0.4 is 5.73 Å². The van der Waals surface area contributed by atoms with Crippen LogP contribution in [0.4, 0.5) is 18.9 Å². The van der Waals surface area contributed by atoms with Gasteiger partial charge in [-0.2, -0.15) is 0 Å².